The van der Waals surface area contributed by atoms with E-state index in [-0.39, 0.29) is 5.76 Å². The van der Waals surface area contributed by atoms with Gasteiger partial charge in [-0.25, -0.2) is 4.99 Å². The normalized spacial score (nSPS) is 17.6. The minimum Gasteiger partial charge on any atom is -0.508 e. The van der Waals surface area contributed by atoms with Gasteiger partial charge in [-0.3, -0.25) is 0 Å². The third-order valence-corrected chi connectivity index (χ3v) is 2.20. The third-order valence-electron chi connectivity index (χ3n) is 2.20. The van der Waals surface area contributed by atoms with Crippen molar-refractivity contribution in [2.75, 3.05) is 7.11 Å². The number of allylic oxidation sites excluding steroid dienone is 4. The van der Waals surface area contributed by atoms with Crippen molar-refractivity contribution >= 4 is 6.34 Å². The van der Waals surface area contributed by atoms with Crippen LogP contribution in [0.1, 0.15) is 13.3 Å². The topological polar surface area (TPSA) is 67.8 Å². The van der Waals surface area contributed by atoms with Gasteiger partial charge in [-0.05, 0) is 13.0 Å². The number of hydrogen-bond acceptors (Lipinski definition) is 3. The molecular weight excluding hydrogens is 204 g/mol. The highest BCUT2D eigenvalue weighted by atomic mass is 16.5. The maximum Gasteiger partial charge on any atom is 0.120 e. The molecule has 0 spiro atoms. The van der Waals surface area contributed by atoms with Crippen molar-refractivity contribution in [1.82, 2.24) is 0 Å². The molecule has 4 nitrogen and oxygen atoms in total. The lowest BCUT2D eigenvalue weighted by atomic mass is 10.1. The summed E-state index contributed by atoms with van der Waals surface area (Å²) >= 11 is 0. The van der Waals surface area contributed by atoms with Gasteiger partial charge in [0, 0.05) is 18.1 Å². The van der Waals surface area contributed by atoms with Crippen LogP contribution in [-0.4, -0.2) is 18.6 Å². The van der Waals surface area contributed by atoms with Gasteiger partial charge in [-0.1, -0.05) is 12.2 Å². The van der Waals surface area contributed by atoms with Crippen LogP contribution in [0.2, 0.25) is 0 Å². The molecule has 4 heteroatoms. The van der Waals surface area contributed by atoms with Crippen LogP contribution in [0.15, 0.2) is 52.1 Å². The Kier molecular flexibility index (Phi) is 4.39. The molecule has 0 atom stereocenters. The van der Waals surface area contributed by atoms with Crippen molar-refractivity contribution in [1.29, 1.82) is 0 Å². The SMILES string of the molecule is C/C=C(/O)C1=C(N=CN)C=C(OC)CC=C1. The van der Waals surface area contributed by atoms with Crippen molar-refractivity contribution in [3.05, 3.63) is 47.1 Å². The minimum atomic E-state index is 0.172. The van der Waals surface area contributed by atoms with Crippen LogP contribution in [0.25, 0.3) is 0 Å². The van der Waals surface area contributed by atoms with E-state index in [0.717, 1.165) is 5.76 Å². The molecule has 3 N–H and O–H groups in total. The molecule has 86 valence electrons. The Morgan fingerprint density at radius 3 is 2.94 bits per heavy atom. The van der Waals surface area contributed by atoms with E-state index in [2.05, 4.69) is 4.99 Å². The highest BCUT2D eigenvalue weighted by Gasteiger charge is 2.09. The first-order valence-electron chi connectivity index (χ1n) is 4.98. The first kappa shape index (κ1) is 12.1. The van der Waals surface area contributed by atoms with E-state index in [1.54, 1.807) is 32.3 Å². The summed E-state index contributed by atoms with van der Waals surface area (Å²) in [5.74, 6) is 0.946. The summed E-state index contributed by atoms with van der Waals surface area (Å²) < 4.78 is 5.17. The lowest BCUT2D eigenvalue weighted by Crippen LogP contribution is -1.94. The Morgan fingerprint density at radius 1 is 1.62 bits per heavy atom. The summed E-state index contributed by atoms with van der Waals surface area (Å²) in [5, 5.41) is 9.73. The molecule has 1 aliphatic rings. The van der Waals surface area contributed by atoms with E-state index in [0.29, 0.717) is 17.7 Å². The highest BCUT2D eigenvalue weighted by Crippen LogP contribution is 2.23. The standard InChI is InChI=1S/C12H16N2O2/c1-3-12(15)10-6-4-5-9(16-2)7-11(10)14-8-13/h3-4,6-8,15H,5H2,1-2H3,(H2,13,14)/b12-3+. The fourth-order valence-corrected chi connectivity index (χ4v) is 1.37. The number of aliphatic imine (C=N–C) groups is 1. The van der Waals surface area contributed by atoms with E-state index < -0.39 is 0 Å². The molecule has 0 fully saturated rings. The average Bonchev–Trinajstić information content (AvgIpc) is 2.51. The van der Waals surface area contributed by atoms with Gasteiger partial charge in [0.15, 0.2) is 0 Å². The number of nitrogens with zero attached hydrogens (tertiary/aromatic N) is 1. The van der Waals surface area contributed by atoms with Gasteiger partial charge < -0.3 is 15.6 Å². The van der Waals surface area contributed by atoms with Crippen LogP contribution in [0.4, 0.5) is 0 Å². The van der Waals surface area contributed by atoms with E-state index in [1.165, 1.54) is 6.34 Å². The van der Waals surface area contributed by atoms with Crippen LogP contribution in [0, 0.1) is 0 Å². The smallest absolute Gasteiger partial charge is 0.120 e. The summed E-state index contributed by atoms with van der Waals surface area (Å²) in [7, 11) is 1.60. The first-order valence-corrected chi connectivity index (χ1v) is 4.98. The number of aliphatic hydroxyl groups excluding tert-OH is 1. The summed E-state index contributed by atoms with van der Waals surface area (Å²) in [4.78, 5) is 4.02. The van der Waals surface area contributed by atoms with Gasteiger partial charge in [-0.2, -0.15) is 0 Å². The summed E-state index contributed by atoms with van der Waals surface area (Å²) in [6.45, 7) is 1.76. The summed E-state index contributed by atoms with van der Waals surface area (Å²) in [6, 6.07) is 0. The molecule has 1 aliphatic carbocycles. The number of hydrogen-bond donors (Lipinski definition) is 2. The molecule has 0 saturated heterocycles. The van der Waals surface area contributed by atoms with Crippen molar-refractivity contribution in [3.8, 4) is 0 Å². The fourth-order valence-electron chi connectivity index (χ4n) is 1.37. The van der Waals surface area contributed by atoms with E-state index in [4.69, 9.17) is 10.5 Å². The Bertz CT molecular complexity index is 401. The highest BCUT2D eigenvalue weighted by molar-refractivity contribution is 5.57. The Morgan fingerprint density at radius 2 is 2.38 bits per heavy atom. The van der Waals surface area contributed by atoms with Gasteiger partial charge in [0.05, 0.1) is 19.1 Å². The molecule has 16 heavy (non-hydrogen) atoms. The van der Waals surface area contributed by atoms with E-state index in [9.17, 15) is 5.11 Å². The number of methoxy groups -OCH3 is 1. The van der Waals surface area contributed by atoms with Crippen LogP contribution < -0.4 is 5.73 Å². The van der Waals surface area contributed by atoms with Crippen LogP contribution >= 0.6 is 0 Å². The maximum absolute atomic E-state index is 9.73. The predicted molar refractivity (Wildman–Crippen MR) is 64.9 cm³/mol. The third kappa shape index (κ3) is 2.76. The zero-order valence-corrected chi connectivity index (χ0v) is 9.47. The molecule has 0 bridgehead atoms. The zero-order valence-electron chi connectivity index (χ0n) is 9.47. The minimum absolute atomic E-state index is 0.172. The molecule has 0 aromatic carbocycles. The lowest BCUT2D eigenvalue weighted by molar-refractivity contribution is 0.285. The largest absolute Gasteiger partial charge is 0.508 e. The molecule has 0 aromatic rings. The molecule has 0 heterocycles. The number of rotatable bonds is 3. The second-order valence-electron chi connectivity index (χ2n) is 3.17. The summed E-state index contributed by atoms with van der Waals surface area (Å²) in [6.07, 6.45) is 8.95. The molecule has 0 aliphatic heterocycles. The second-order valence-corrected chi connectivity index (χ2v) is 3.17. The predicted octanol–water partition coefficient (Wildman–Crippen LogP) is 2.18. The van der Waals surface area contributed by atoms with Crippen LogP contribution in [0.5, 0.6) is 0 Å². The monoisotopic (exact) mass is 220 g/mol. The quantitative estimate of drug-likeness (QED) is 0.435. The van der Waals surface area contributed by atoms with Crippen molar-refractivity contribution in [3.63, 3.8) is 0 Å². The molecule has 0 aromatic heterocycles. The van der Waals surface area contributed by atoms with Gasteiger partial charge in [0.2, 0.25) is 0 Å². The molecule has 0 radical (unpaired) electrons. The molecule has 1 rings (SSSR count). The zero-order chi connectivity index (χ0) is 12.0. The Balaban J connectivity index is 3.28. The van der Waals surface area contributed by atoms with Crippen molar-refractivity contribution in [2.45, 2.75) is 13.3 Å². The fraction of sp³-hybridized carbons (Fsp3) is 0.250. The Labute approximate surface area is 95.1 Å². The first-order chi connectivity index (χ1) is 7.72. The van der Waals surface area contributed by atoms with Crippen molar-refractivity contribution < 1.29 is 9.84 Å². The Hall–Kier alpha value is -1.97. The maximum atomic E-state index is 9.73. The number of aliphatic hydroxyl groups is 1. The van der Waals surface area contributed by atoms with Gasteiger partial charge in [0.1, 0.15) is 11.5 Å². The van der Waals surface area contributed by atoms with E-state index in [1.807, 2.05) is 6.08 Å². The average molecular weight is 220 g/mol. The van der Waals surface area contributed by atoms with Gasteiger partial charge in [0.25, 0.3) is 0 Å². The van der Waals surface area contributed by atoms with Gasteiger partial charge in [-0.15, -0.1) is 0 Å². The molecule has 0 amide bonds. The van der Waals surface area contributed by atoms with Crippen molar-refractivity contribution in [2.24, 2.45) is 10.7 Å². The lowest BCUT2D eigenvalue weighted by Gasteiger charge is -2.04. The molecule has 0 unspecified atom stereocenters. The number of nitrogens with two attached hydrogens (primary N) is 1. The molecule has 0 saturated carbocycles. The van der Waals surface area contributed by atoms with Crippen LogP contribution in [-0.2, 0) is 4.74 Å². The second kappa shape index (κ2) is 5.80. The molecular formula is C12H16N2O2. The summed E-state index contributed by atoms with van der Waals surface area (Å²) in [5.41, 5.74) is 6.50. The number of ether oxygens (including phenoxy) is 1. The van der Waals surface area contributed by atoms with Crippen LogP contribution in [0.3, 0.4) is 0 Å². The van der Waals surface area contributed by atoms with E-state index >= 15 is 0 Å². The van der Waals surface area contributed by atoms with Gasteiger partial charge >= 0.3 is 0 Å².